The van der Waals surface area contributed by atoms with Crippen molar-refractivity contribution < 1.29 is 5.21 Å². The van der Waals surface area contributed by atoms with Crippen LogP contribution in [0.5, 0.6) is 0 Å². The molecular weight excluding hydrogens is 284 g/mol. The Hall–Kier alpha value is -3.20. The van der Waals surface area contributed by atoms with Gasteiger partial charge in [0.2, 0.25) is 0 Å². The van der Waals surface area contributed by atoms with E-state index in [2.05, 4.69) is 46.5 Å². The van der Waals surface area contributed by atoms with E-state index >= 15 is 0 Å². The maximum Gasteiger partial charge on any atom is 0.0918 e. The number of fused-ring (bicyclic) bond motifs is 3. The Labute approximate surface area is 133 Å². The molecule has 0 saturated heterocycles. The Kier molecular flexibility index (Phi) is 3.24. The van der Waals surface area contributed by atoms with Crippen molar-refractivity contribution in [2.75, 3.05) is 0 Å². The third-order valence-corrected chi connectivity index (χ3v) is 4.00. The van der Waals surface area contributed by atoms with Crippen LogP contribution in [0.4, 0.5) is 0 Å². The molecule has 3 aromatic carbocycles. The number of pyridine rings is 1. The van der Waals surface area contributed by atoms with Crippen LogP contribution in [-0.4, -0.2) is 16.4 Å². The van der Waals surface area contributed by atoms with Crippen LogP contribution >= 0.6 is 0 Å². The quantitative estimate of drug-likeness (QED) is 0.248. The minimum atomic E-state index is 0.634. The van der Waals surface area contributed by atoms with Crippen molar-refractivity contribution in [1.29, 1.82) is 0 Å². The Morgan fingerprint density at radius 1 is 0.826 bits per heavy atom. The summed E-state index contributed by atoms with van der Waals surface area (Å²) in [6, 6.07) is 24.5. The van der Waals surface area contributed by atoms with Gasteiger partial charge >= 0.3 is 0 Å². The van der Waals surface area contributed by atoms with Gasteiger partial charge in [-0.3, -0.25) is 0 Å². The zero-order valence-corrected chi connectivity index (χ0v) is 12.3. The largest absolute Gasteiger partial charge is 0.411 e. The number of nitrogens with zero attached hydrogens (tertiary/aromatic N) is 2. The lowest BCUT2D eigenvalue weighted by Gasteiger charge is -2.10. The van der Waals surface area contributed by atoms with Crippen molar-refractivity contribution in [3.63, 3.8) is 0 Å². The summed E-state index contributed by atoms with van der Waals surface area (Å²) in [6.07, 6.45) is 1.37. The van der Waals surface area contributed by atoms with Gasteiger partial charge < -0.3 is 5.21 Å². The van der Waals surface area contributed by atoms with E-state index in [1.807, 2.05) is 36.4 Å². The molecule has 0 saturated carbocycles. The molecule has 0 bridgehead atoms. The van der Waals surface area contributed by atoms with Crippen molar-refractivity contribution in [2.45, 2.75) is 0 Å². The van der Waals surface area contributed by atoms with Crippen LogP contribution in [0.2, 0.25) is 0 Å². The number of hydrogen-bond donors (Lipinski definition) is 1. The van der Waals surface area contributed by atoms with Crippen LogP contribution in [0.3, 0.4) is 0 Å². The first-order valence-corrected chi connectivity index (χ1v) is 7.42. The maximum absolute atomic E-state index is 8.90. The predicted octanol–water partition coefficient (Wildman–Crippen LogP) is 4.86. The molecule has 0 aliphatic carbocycles. The van der Waals surface area contributed by atoms with Gasteiger partial charge in [0, 0.05) is 10.8 Å². The Morgan fingerprint density at radius 2 is 1.61 bits per heavy atom. The van der Waals surface area contributed by atoms with Gasteiger partial charge in [-0.1, -0.05) is 71.9 Å². The molecule has 23 heavy (non-hydrogen) atoms. The third kappa shape index (κ3) is 2.32. The van der Waals surface area contributed by atoms with Gasteiger partial charge in [0.25, 0.3) is 0 Å². The lowest BCUT2D eigenvalue weighted by Crippen LogP contribution is -1.93. The van der Waals surface area contributed by atoms with Crippen molar-refractivity contribution in [3.05, 3.63) is 78.5 Å². The summed E-state index contributed by atoms with van der Waals surface area (Å²) in [7, 11) is 0. The molecular formula is C20H14N2O. The zero-order chi connectivity index (χ0) is 15.6. The first-order chi connectivity index (χ1) is 11.4. The molecule has 3 heteroatoms. The predicted molar refractivity (Wildman–Crippen MR) is 94.1 cm³/mol. The van der Waals surface area contributed by atoms with E-state index in [-0.39, 0.29) is 0 Å². The molecule has 110 valence electrons. The summed E-state index contributed by atoms with van der Waals surface area (Å²) in [5.41, 5.74) is 3.74. The van der Waals surface area contributed by atoms with Crippen LogP contribution in [-0.2, 0) is 0 Å². The molecule has 0 aliphatic heterocycles. The topological polar surface area (TPSA) is 45.5 Å². The minimum absolute atomic E-state index is 0.634. The number of hydrogen-bond acceptors (Lipinski definition) is 3. The smallest absolute Gasteiger partial charge is 0.0918 e. The molecule has 0 fully saturated rings. The summed E-state index contributed by atoms with van der Waals surface area (Å²) in [5.74, 6) is 0. The SMILES string of the molecule is ON=Cc1cc(-c2ccccc2)c2ccc3ccccc3c2n1. The first-order valence-electron chi connectivity index (χ1n) is 7.42. The van der Waals surface area contributed by atoms with E-state index in [0.717, 1.165) is 32.8 Å². The summed E-state index contributed by atoms with van der Waals surface area (Å²) in [4.78, 5) is 4.67. The lowest BCUT2D eigenvalue weighted by molar-refractivity contribution is 0.321. The second-order valence-corrected chi connectivity index (χ2v) is 5.39. The molecule has 0 aliphatic rings. The number of aromatic nitrogens is 1. The molecule has 4 rings (SSSR count). The van der Waals surface area contributed by atoms with Gasteiger partial charge in [0.05, 0.1) is 17.4 Å². The van der Waals surface area contributed by atoms with Crippen LogP contribution < -0.4 is 0 Å². The Morgan fingerprint density at radius 3 is 2.43 bits per heavy atom. The average Bonchev–Trinajstić information content (AvgIpc) is 2.62. The van der Waals surface area contributed by atoms with Crippen molar-refractivity contribution in [1.82, 2.24) is 4.98 Å². The fourth-order valence-corrected chi connectivity index (χ4v) is 2.96. The molecule has 3 nitrogen and oxygen atoms in total. The monoisotopic (exact) mass is 298 g/mol. The van der Waals surface area contributed by atoms with Crippen molar-refractivity contribution >= 4 is 27.9 Å². The van der Waals surface area contributed by atoms with E-state index < -0.39 is 0 Å². The van der Waals surface area contributed by atoms with Gasteiger partial charge in [-0.15, -0.1) is 0 Å². The third-order valence-electron chi connectivity index (χ3n) is 4.00. The summed E-state index contributed by atoms with van der Waals surface area (Å²) >= 11 is 0. The molecule has 1 heterocycles. The highest BCUT2D eigenvalue weighted by Crippen LogP contribution is 2.32. The van der Waals surface area contributed by atoms with Gasteiger partial charge in [0.15, 0.2) is 0 Å². The standard InChI is InChI=1S/C20H14N2O/c23-21-13-16-12-19(14-6-2-1-3-7-14)18-11-10-15-8-4-5-9-17(15)20(18)22-16/h1-13,23H. The van der Waals surface area contributed by atoms with Crippen LogP contribution in [0.25, 0.3) is 32.8 Å². The number of benzene rings is 3. The second kappa shape index (κ2) is 5.54. The molecule has 4 aromatic rings. The molecule has 0 radical (unpaired) electrons. The maximum atomic E-state index is 8.90. The summed E-state index contributed by atoms with van der Waals surface area (Å²) < 4.78 is 0. The molecule has 0 unspecified atom stereocenters. The van der Waals surface area contributed by atoms with E-state index in [1.165, 1.54) is 6.21 Å². The summed E-state index contributed by atoms with van der Waals surface area (Å²) in [5, 5.41) is 15.4. The van der Waals surface area contributed by atoms with Crippen molar-refractivity contribution in [3.8, 4) is 11.1 Å². The van der Waals surface area contributed by atoms with Gasteiger partial charge in [-0.2, -0.15) is 0 Å². The van der Waals surface area contributed by atoms with Crippen LogP contribution in [0.15, 0.2) is 78.0 Å². The molecule has 0 amide bonds. The van der Waals surface area contributed by atoms with Crippen molar-refractivity contribution in [2.24, 2.45) is 5.16 Å². The molecule has 1 aromatic heterocycles. The fourth-order valence-electron chi connectivity index (χ4n) is 2.96. The van der Waals surface area contributed by atoms with Crippen LogP contribution in [0.1, 0.15) is 5.69 Å². The fraction of sp³-hybridized carbons (Fsp3) is 0. The average molecular weight is 298 g/mol. The van der Waals surface area contributed by atoms with Gasteiger partial charge in [-0.05, 0) is 22.6 Å². The zero-order valence-electron chi connectivity index (χ0n) is 12.3. The highest BCUT2D eigenvalue weighted by molar-refractivity contribution is 6.10. The highest BCUT2D eigenvalue weighted by Gasteiger charge is 2.10. The number of oxime groups is 1. The normalized spacial score (nSPS) is 11.5. The summed E-state index contributed by atoms with van der Waals surface area (Å²) in [6.45, 7) is 0. The first kappa shape index (κ1) is 13.5. The van der Waals surface area contributed by atoms with E-state index in [4.69, 9.17) is 5.21 Å². The Bertz CT molecular complexity index is 1020. The highest BCUT2D eigenvalue weighted by atomic mass is 16.4. The van der Waals surface area contributed by atoms with Crippen LogP contribution in [0, 0.1) is 0 Å². The molecule has 0 spiro atoms. The van der Waals surface area contributed by atoms with Gasteiger partial charge in [-0.25, -0.2) is 4.98 Å². The van der Waals surface area contributed by atoms with E-state index in [0.29, 0.717) is 5.69 Å². The second-order valence-electron chi connectivity index (χ2n) is 5.39. The minimum Gasteiger partial charge on any atom is -0.411 e. The molecule has 1 N–H and O–H groups in total. The van der Waals surface area contributed by atoms with E-state index in [1.54, 1.807) is 0 Å². The molecule has 0 atom stereocenters. The number of rotatable bonds is 2. The van der Waals surface area contributed by atoms with E-state index in [9.17, 15) is 0 Å². The van der Waals surface area contributed by atoms with Gasteiger partial charge in [0.1, 0.15) is 0 Å². The Balaban J connectivity index is 2.14. The lowest BCUT2D eigenvalue weighted by atomic mass is 9.97.